The fraction of sp³-hybridized carbons (Fsp3) is 0.273. The molecule has 0 saturated heterocycles. The molecule has 2 aromatic rings. The van der Waals surface area contributed by atoms with E-state index >= 15 is 0 Å². The van der Waals surface area contributed by atoms with E-state index in [0.717, 1.165) is 5.56 Å². The van der Waals surface area contributed by atoms with Gasteiger partial charge >= 0.3 is 0 Å². The second kappa shape index (κ2) is 5.58. The Morgan fingerprint density at radius 1 is 1.42 bits per heavy atom. The molecule has 1 N–H and O–H groups in total. The van der Waals surface area contributed by atoms with Gasteiger partial charge in [-0.25, -0.2) is 8.42 Å². The summed E-state index contributed by atoms with van der Waals surface area (Å²) < 4.78 is 31.0. The minimum Gasteiger partial charge on any atom is -0.423 e. The molecule has 0 saturated carbocycles. The molecule has 2 rings (SSSR count). The molecule has 0 bridgehead atoms. The predicted molar refractivity (Wildman–Crippen MR) is 72.6 cm³/mol. The average molecular weight is 302 g/mol. The number of hydrogen-bond acceptors (Lipinski definition) is 5. The van der Waals surface area contributed by atoms with Crippen LogP contribution in [-0.4, -0.2) is 30.2 Å². The van der Waals surface area contributed by atoms with Gasteiger partial charge in [-0.1, -0.05) is 6.07 Å². The number of nitrogens with one attached hydrogen (secondary N) is 1. The molecule has 1 aromatic carbocycles. The molecule has 0 radical (unpaired) electrons. The Bertz CT molecular complexity index is 656. The Labute approximate surface area is 115 Å². The highest BCUT2D eigenvalue weighted by Gasteiger charge is 2.13. The molecule has 0 aliphatic rings. The second-order valence-electron chi connectivity index (χ2n) is 3.88. The van der Waals surface area contributed by atoms with Crippen LogP contribution in [-0.2, 0) is 10.0 Å². The van der Waals surface area contributed by atoms with Gasteiger partial charge in [-0.15, -0.1) is 21.8 Å². The van der Waals surface area contributed by atoms with Gasteiger partial charge < -0.3 is 4.42 Å². The second-order valence-corrected chi connectivity index (χ2v) is 6.10. The smallest absolute Gasteiger partial charge is 0.247 e. The molecule has 0 atom stereocenters. The zero-order valence-electron chi connectivity index (χ0n) is 10.1. The van der Waals surface area contributed by atoms with E-state index in [2.05, 4.69) is 14.9 Å². The highest BCUT2D eigenvalue weighted by atomic mass is 35.5. The summed E-state index contributed by atoms with van der Waals surface area (Å²) in [6.45, 7) is 1.80. The third-order valence-corrected chi connectivity index (χ3v) is 4.14. The number of nitrogens with zero attached hydrogens (tertiary/aromatic N) is 2. The zero-order chi connectivity index (χ0) is 13.9. The lowest BCUT2D eigenvalue weighted by molar-refractivity contribution is 0.568. The lowest BCUT2D eigenvalue weighted by atomic mass is 10.1. The van der Waals surface area contributed by atoms with E-state index < -0.39 is 10.0 Å². The van der Waals surface area contributed by atoms with Crippen LogP contribution >= 0.6 is 11.6 Å². The summed E-state index contributed by atoms with van der Waals surface area (Å²) in [5, 5.41) is 7.36. The van der Waals surface area contributed by atoms with Crippen LogP contribution in [0.15, 0.2) is 29.0 Å². The number of rotatable bonds is 5. The third-order valence-electron chi connectivity index (χ3n) is 2.46. The van der Waals surface area contributed by atoms with Gasteiger partial charge in [0.05, 0.1) is 11.4 Å². The van der Waals surface area contributed by atoms with Crippen LogP contribution in [0, 0.1) is 6.92 Å². The molecule has 1 heterocycles. The van der Waals surface area contributed by atoms with E-state index in [9.17, 15) is 8.42 Å². The lowest BCUT2D eigenvalue weighted by Crippen LogP contribution is -2.18. The van der Waals surface area contributed by atoms with Crippen LogP contribution in [0.4, 0.5) is 5.69 Å². The Morgan fingerprint density at radius 2 is 2.21 bits per heavy atom. The van der Waals surface area contributed by atoms with Crippen LogP contribution in [0.1, 0.15) is 5.56 Å². The molecule has 0 spiro atoms. The van der Waals surface area contributed by atoms with Crippen molar-refractivity contribution in [3.63, 3.8) is 0 Å². The predicted octanol–water partition coefficient (Wildman–Crippen LogP) is 2.03. The highest BCUT2D eigenvalue weighted by Crippen LogP contribution is 2.24. The maximum Gasteiger partial charge on any atom is 0.247 e. The van der Waals surface area contributed by atoms with E-state index in [1.807, 2.05) is 0 Å². The lowest BCUT2D eigenvalue weighted by Gasteiger charge is -2.10. The molecule has 0 amide bonds. The summed E-state index contributed by atoms with van der Waals surface area (Å²) in [6.07, 6.45) is 1.21. The summed E-state index contributed by atoms with van der Waals surface area (Å²) in [4.78, 5) is 0. The quantitative estimate of drug-likeness (QED) is 0.854. The first-order chi connectivity index (χ1) is 9.02. The van der Waals surface area contributed by atoms with E-state index in [1.165, 1.54) is 6.39 Å². The van der Waals surface area contributed by atoms with Gasteiger partial charge in [-0.2, -0.15) is 0 Å². The fourth-order valence-electron chi connectivity index (χ4n) is 1.48. The van der Waals surface area contributed by atoms with Crippen LogP contribution in [0.3, 0.4) is 0 Å². The maximum absolute atomic E-state index is 11.7. The largest absolute Gasteiger partial charge is 0.423 e. The van der Waals surface area contributed by atoms with E-state index in [1.54, 1.807) is 25.1 Å². The molecule has 0 fully saturated rings. The Morgan fingerprint density at radius 3 is 2.84 bits per heavy atom. The van der Waals surface area contributed by atoms with Gasteiger partial charge in [0.2, 0.25) is 22.3 Å². The van der Waals surface area contributed by atoms with Crippen LogP contribution < -0.4 is 4.72 Å². The first kappa shape index (κ1) is 13.8. The van der Waals surface area contributed by atoms with Gasteiger partial charge in [0.25, 0.3) is 0 Å². The van der Waals surface area contributed by atoms with E-state index in [0.29, 0.717) is 17.1 Å². The zero-order valence-corrected chi connectivity index (χ0v) is 11.7. The van der Waals surface area contributed by atoms with Gasteiger partial charge in [0, 0.05) is 11.4 Å². The minimum absolute atomic E-state index is 0.0394. The molecular weight excluding hydrogens is 290 g/mol. The summed E-state index contributed by atoms with van der Waals surface area (Å²) >= 11 is 5.45. The number of aryl methyl sites for hydroxylation is 1. The van der Waals surface area contributed by atoms with Crippen molar-refractivity contribution >= 4 is 27.3 Å². The van der Waals surface area contributed by atoms with Crippen LogP contribution in [0.5, 0.6) is 0 Å². The Hall–Kier alpha value is -1.60. The maximum atomic E-state index is 11.7. The number of alkyl halides is 1. The molecule has 1 aromatic heterocycles. The SMILES string of the molecule is Cc1ccc(-c2nnco2)cc1NS(=O)(=O)CCCl. The molecule has 8 heteroatoms. The van der Waals surface area contributed by atoms with Crippen LogP contribution in [0.25, 0.3) is 11.5 Å². The van der Waals surface area contributed by atoms with E-state index in [-0.39, 0.29) is 11.6 Å². The van der Waals surface area contributed by atoms with Crippen molar-refractivity contribution in [3.05, 3.63) is 30.2 Å². The molecule has 0 unspecified atom stereocenters. The van der Waals surface area contributed by atoms with Gasteiger partial charge in [-0.05, 0) is 24.6 Å². The van der Waals surface area contributed by atoms with Crippen molar-refractivity contribution in [2.75, 3.05) is 16.4 Å². The van der Waals surface area contributed by atoms with Gasteiger partial charge in [0.1, 0.15) is 0 Å². The fourth-order valence-corrected chi connectivity index (χ4v) is 2.95. The first-order valence-corrected chi connectivity index (χ1v) is 7.64. The minimum atomic E-state index is -3.44. The molecule has 0 aliphatic carbocycles. The molecule has 19 heavy (non-hydrogen) atoms. The summed E-state index contributed by atoms with van der Waals surface area (Å²) in [7, 11) is -3.44. The average Bonchev–Trinajstić information content (AvgIpc) is 2.85. The van der Waals surface area contributed by atoms with Crippen LogP contribution in [0.2, 0.25) is 0 Å². The number of aromatic nitrogens is 2. The number of hydrogen-bond donors (Lipinski definition) is 1. The topological polar surface area (TPSA) is 85.1 Å². The number of halogens is 1. The van der Waals surface area contributed by atoms with Gasteiger partial charge in [0.15, 0.2) is 0 Å². The van der Waals surface area contributed by atoms with Crippen molar-refractivity contribution in [1.82, 2.24) is 10.2 Å². The molecule has 102 valence electrons. The molecule has 0 aliphatic heterocycles. The number of benzene rings is 1. The highest BCUT2D eigenvalue weighted by molar-refractivity contribution is 7.92. The Kier molecular flexibility index (Phi) is 4.06. The van der Waals surface area contributed by atoms with E-state index in [4.69, 9.17) is 16.0 Å². The summed E-state index contributed by atoms with van der Waals surface area (Å²) in [5.41, 5.74) is 1.91. The monoisotopic (exact) mass is 301 g/mol. The van der Waals surface area contributed by atoms with Crippen molar-refractivity contribution in [2.45, 2.75) is 6.92 Å². The normalized spacial score (nSPS) is 11.5. The van der Waals surface area contributed by atoms with Crippen molar-refractivity contribution in [1.29, 1.82) is 0 Å². The molecule has 6 nitrogen and oxygen atoms in total. The standard InChI is InChI=1S/C11H12ClN3O3S/c1-8-2-3-9(11-14-13-7-18-11)6-10(8)15-19(16,17)5-4-12/h2-3,6-7,15H,4-5H2,1H3. The number of anilines is 1. The summed E-state index contributed by atoms with van der Waals surface area (Å²) in [6, 6.07) is 5.20. The van der Waals surface area contributed by atoms with Crippen molar-refractivity contribution in [2.24, 2.45) is 0 Å². The Balaban J connectivity index is 2.33. The van der Waals surface area contributed by atoms with Crippen molar-refractivity contribution in [3.8, 4) is 11.5 Å². The first-order valence-electron chi connectivity index (χ1n) is 5.45. The number of sulfonamides is 1. The summed E-state index contributed by atoms with van der Waals surface area (Å²) in [5.74, 6) is 0.231. The van der Waals surface area contributed by atoms with Gasteiger partial charge in [-0.3, -0.25) is 4.72 Å². The third kappa shape index (κ3) is 3.45. The molecular formula is C11H12ClN3O3S. The van der Waals surface area contributed by atoms with Crippen molar-refractivity contribution < 1.29 is 12.8 Å².